The first-order valence-corrected chi connectivity index (χ1v) is 8.87. The predicted octanol–water partition coefficient (Wildman–Crippen LogP) is 3.63. The normalized spacial score (nSPS) is 11.1. The summed E-state index contributed by atoms with van der Waals surface area (Å²) in [5.41, 5.74) is 0.955. The highest BCUT2D eigenvalue weighted by Crippen LogP contribution is 2.31. The Balaban J connectivity index is 2.07. The van der Waals surface area contributed by atoms with Crippen LogP contribution in [0.4, 0.5) is 13.2 Å². The van der Waals surface area contributed by atoms with Crippen molar-refractivity contribution in [2.24, 2.45) is 0 Å². The van der Waals surface area contributed by atoms with Crippen molar-refractivity contribution < 1.29 is 27.5 Å². The molecule has 0 bridgehead atoms. The van der Waals surface area contributed by atoms with Crippen molar-refractivity contribution in [1.82, 2.24) is 10.3 Å². The minimum atomic E-state index is -4.89. The first-order valence-electron chi connectivity index (χ1n) is 8.05. The molecule has 0 atom stereocenters. The first kappa shape index (κ1) is 20.8. The first-order chi connectivity index (χ1) is 12.8. The average molecular weight is 398 g/mol. The van der Waals surface area contributed by atoms with Crippen LogP contribution in [0.1, 0.15) is 23.0 Å². The number of benzene rings is 1. The molecule has 1 N–H and O–H groups in total. The monoisotopic (exact) mass is 398 g/mol. The van der Waals surface area contributed by atoms with Gasteiger partial charge in [-0.05, 0) is 37.1 Å². The summed E-state index contributed by atoms with van der Waals surface area (Å²) in [5.74, 6) is -2.48. The fraction of sp³-hybridized carbons (Fsp3) is 0.278. The number of hydrogen-bond acceptors (Lipinski definition) is 5. The molecule has 144 valence electrons. The number of aromatic nitrogens is 1. The second-order valence-electron chi connectivity index (χ2n) is 5.31. The lowest BCUT2D eigenvalue weighted by molar-refractivity contribution is -0.173. The third-order valence-corrected chi connectivity index (χ3v) is 4.46. The van der Waals surface area contributed by atoms with Crippen LogP contribution in [-0.2, 0) is 16.0 Å². The van der Waals surface area contributed by atoms with E-state index >= 15 is 0 Å². The Bertz CT molecular complexity index is 812. The molecule has 0 saturated carbocycles. The number of carbonyl (C=O) groups is 2. The molecule has 2 rings (SSSR count). The van der Waals surface area contributed by atoms with Gasteiger partial charge in [-0.1, -0.05) is 30.0 Å². The molecule has 0 aliphatic carbocycles. The molecule has 0 radical (unpaired) electrons. The molecule has 0 aliphatic heterocycles. The zero-order valence-electron chi connectivity index (χ0n) is 14.4. The van der Waals surface area contributed by atoms with E-state index in [2.05, 4.69) is 4.98 Å². The Morgan fingerprint density at radius 3 is 2.67 bits per heavy atom. The fourth-order valence-corrected chi connectivity index (χ4v) is 3.14. The van der Waals surface area contributed by atoms with Gasteiger partial charge in [0, 0.05) is 22.5 Å². The van der Waals surface area contributed by atoms with Gasteiger partial charge >= 0.3 is 18.1 Å². The maximum atomic E-state index is 12.2. The van der Waals surface area contributed by atoms with Crippen LogP contribution in [-0.4, -0.2) is 36.2 Å². The molecule has 27 heavy (non-hydrogen) atoms. The van der Waals surface area contributed by atoms with Crippen molar-refractivity contribution in [3.05, 3.63) is 53.9 Å². The predicted molar refractivity (Wildman–Crippen MR) is 93.5 cm³/mol. The molecule has 2 aromatic rings. The minimum Gasteiger partial charge on any atom is -0.461 e. The summed E-state index contributed by atoms with van der Waals surface area (Å²) < 4.78 is 41.6. The highest BCUT2D eigenvalue weighted by Gasteiger charge is 2.38. The van der Waals surface area contributed by atoms with Gasteiger partial charge in [0.15, 0.2) is 0 Å². The maximum absolute atomic E-state index is 12.2. The molecule has 1 aromatic heterocycles. The lowest BCUT2D eigenvalue weighted by atomic mass is 10.1. The lowest BCUT2D eigenvalue weighted by Gasteiger charge is -2.11. The van der Waals surface area contributed by atoms with E-state index in [9.17, 15) is 22.8 Å². The molecule has 0 saturated heterocycles. The minimum absolute atomic E-state index is 0.139. The molecule has 5 nitrogen and oxygen atoms in total. The van der Waals surface area contributed by atoms with Gasteiger partial charge in [0.05, 0.1) is 6.61 Å². The van der Waals surface area contributed by atoms with Gasteiger partial charge in [-0.15, -0.1) is 0 Å². The summed E-state index contributed by atoms with van der Waals surface area (Å²) in [6.45, 7) is 1.80. The van der Waals surface area contributed by atoms with E-state index in [-0.39, 0.29) is 25.3 Å². The molecule has 0 fully saturated rings. The van der Waals surface area contributed by atoms with E-state index in [0.717, 1.165) is 15.4 Å². The van der Waals surface area contributed by atoms with E-state index in [1.54, 1.807) is 37.3 Å². The molecule has 1 aromatic carbocycles. The maximum Gasteiger partial charge on any atom is 0.471 e. The van der Waals surface area contributed by atoms with Gasteiger partial charge < -0.3 is 10.1 Å². The summed E-state index contributed by atoms with van der Waals surface area (Å²) in [5, 5.41) is 1.86. The van der Waals surface area contributed by atoms with Crippen LogP contribution < -0.4 is 5.32 Å². The number of nitrogens with zero attached hydrogens (tertiary/aromatic N) is 1. The molecular weight excluding hydrogens is 381 g/mol. The van der Waals surface area contributed by atoms with Crippen LogP contribution in [0.3, 0.4) is 0 Å². The molecule has 1 amide bonds. The zero-order chi connectivity index (χ0) is 19.9. The summed E-state index contributed by atoms with van der Waals surface area (Å²) in [4.78, 5) is 28.2. The van der Waals surface area contributed by atoms with Crippen molar-refractivity contribution >= 4 is 23.6 Å². The van der Waals surface area contributed by atoms with Crippen molar-refractivity contribution in [2.45, 2.75) is 29.3 Å². The second kappa shape index (κ2) is 9.40. The van der Waals surface area contributed by atoms with Crippen molar-refractivity contribution in [1.29, 1.82) is 0 Å². The second-order valence-corrected chi connectivity index (χ2v) is 6.43. The Morgan fingerprint density at radius 1 is 1.22 bits per heavy atom. The van der Waals surface area contributed by atoms with Gasteiger partial charge in [-0.25, -0.2) is 9.78 Å². The third-order valence-electron chi connectivity index (χ3n) is 3.35. The molecule has 0 unspecified atom stereocenters. The Hall–Kier alpha value is -2.55. The Kier molecular flexibility index (Phi) is 7.23. The number of amides is 1. The standard InChI is InChI=1S/C18H17F3N2O3S/c1-2-26-16(24)14-11-13(8-10-22-14)27-15-6-4-3-5-12(15)7-9-23-17(25)18(19,20)21/h3-6,8,10-11H,2,7,9H2,1H3,(H,23,25). The average Bonchev–Trinajstić information content (AvgIpc) is 2.62. The smallest absolute Gasteiger partial charge is 0.461 e. The summed E-state index contributed by atoms with van der Waals surface area (Å²) >= 11 is 1.35. The molecule has 9 heteroatoms. The van der Waals surface area contributed by atoms with Crippen LogP contribution >= 0.6 is 11.8 Å². The fourth-order valence-electron chi connectivity index (χ4n) is 2.14. The number of ether oxygens (including phenoxy) is 1. The van der Waals surface area contributed by atoms with Crippen molar-refractivity contribution in [3.63, 3.8) is 0 Å². The molecule has 0 aliphatic rings. The Morgan fingerprint density at radius 2 is 1.96 bits per heavy atom. The van der Waals surface area contributed by atoms with E-state index in [1.165, 1.54) is 18.0 Å². The number of pyridine rings is 1. The van der Waals surface area contributed by atoms with Crippen LogP contribution in [0.25, 0.3) is 0 Å². The van der Waals surface area contributed by atoms with E-state index in [0.29, 0.717) is 0 Å². The molecule has 1 heterocycles. The van der Waals surface area contributed by atoms with Crippen LogP contribution in [0.15, 0.2) is 52.4 Å². The van der Waals surface area contributed by atoms with Gasteiger partial charge in [0.1, 0.15) is 5.69 Å². The van der Waals surface area contributed by atoms with Crippen molar-refractivity contribution in [3.8, 4) is 0 Å². The van der Waals surface area contributed by atoms with Crippen molar-refractivity contribution in [2.75, 3.05) is 13.2 Å². The van der Waals surface area contributed by atoms with Crippen LogP contribution in [0, 0.1) is 0 Å². The largest absolute Gasteiger partial charge is 0.471 e. The number of rotatable bonds is 7. The number of esters is 1. The number of nitrogens with one attached hydrogen (secondary N) is 1. The highest BCUT2D eigenvalue weighted by atomic mass is 32.2. The summed E-state index contributed by atoms with van der Waals surface area (Å²) in [7, 11) is 0. The Labute approximate surface area is 158 Å². The molecule has 0 spiro atoms. The quantitative estimate of drug-likeness (QED) is 0.722. The highest BCUT2D eigenvalue weighted by molar-refractivity contribution is 7.99. The number of hydrogen-bond donors (Lipinski definition) is 1. The van der Waals surface area contributed by atoms with Gasteiger partial charge in [-0.3, -0.25) is 4.79 Å². The zero-order valence-corrected chi connectivity index (χ0v) is 15.2. The van der Waals surface area contributed by atoms with Crippen LogP contribution in [0.2, 0.25) is 0 Å². The lowest BCUT2D eigenvalue weighted by Crippen LogP contribution is -2.37. The SMILES string of the molecule is CCOC(=O)c1cc(Sc2ccccc2CCNC(=O)C(F)(F)F)ccn1. The van der Waals surface area contributed by atoms with Gasteiger partial charge in [0.2, 0.25) is 0 Å². The topological polar surface area (TPSA) is 68.3 Å². The summed E-state index contributed by atoms with van der Waals surface area (Å²) in [6, 6.07) is 10.5. The number of alkyl halides is 3. The number of carbonyl (C=O) groups excluding carboxylic acids is 2. The summed E-state index contributed by atoms with van der Waals surface area (Å²) in [6.07, 6.45) is -3.17. The van der Waals surface area contributed by atoms with E-state index < -0.39 is 18.1 Å². The number of halogens is 3. The van der Waals surface area contributed by atoms with Gasteiger partial charge in [0.25, 0.3) is 0 Å². The third kappa shape index (κ3) is 6.28. The van der Waals surface area contributed by atoms with Gasteiger partial charge in [-0.2, -0.15) is 13.2 Å². The van der Waals surface area contributed by atoms with E-state index in [4.69, 9.17) is 4.74 Å². The van der Waals surface area contributed by atoms with E-state index in [1.807, 2.05) is 11.4 Å². The molecular formula is C18H17F3N2O3S. The van der Waals surface area contributed by atoms with Crippen LogP contribution in [0.5, 0.6) is 0 Å².